The number of phenolic OH excluding ortho intramolecular Hbond substituents is 1. The molecule has 1 unspecified atom stereocenters. The van der Waals surface area contributed by atoms with Crippen molar-refractivity contribution in [2.45, 2.75) is 19.4 Å². The summed E-state index contributed by atoms with van der Waals surface area (Å²) in [5.74, 6) is -0.587. The van der Waals surface area contributed by atoms with E-state index < -0.39 is 17.0 Å². The van der Waals surface area contributed by atoms with Crippen molar-refractivity contribution >= 4 is 5.97 Å². The van der Waals surface area contributed by atoms with Gasteiger partial charge in [0.25, 0.3) is 0 Å². The fraction of sp³-hybridized carbons (Fsp3) is 0.364. The molecule has 2 N–H and O–H groups in total. The number of hydrogen-bond acceptors (Lipinski definition) is 5. The van der Waals surface area contributed by atoms with Crippen molar-refractivity contribution in [2.24, 2.45) is 0 Å². The third kappa shape index (κ3) is 4.28. The highest BCUT2D eigenvalue weighted by Crippen LogP contribution is 2.11. The standard InChI is InChI=1S/C11H14N2O5/c1-2-18-11(15)10(12-13(16)17)7-8-3-5-9(14)6-4-8/h3-6,10,12,14H,2,7H2,1H3. The first-order chi connectivity index (χ1) is 8.52. The van der Waals surface area contributed by atoms with Crippen LogP contribution in [0.3, 0.4) is 0 Å². The van der Waals surface area contributed by atoms with Gasteiger partial charge in [0.05, 0.1) is 6.61 Å². The topological polar surface area (TPSA) is 102 Å². The zero-order chi connectivity index (χ0) is 13.5. The number of ether oxygens (including phenoxy) is 1. The molecule has 1 rings (SSSR count). The molecule has 7 nitrogen and oxygen atoms in total. The summed E-state index contributed by atoms with van der Waals surface area (Å²) in [5, 5.41) is 18.7. The lowest BCUT2D eigenvalue weighted by Gasteiger charge is -2.12. The van der Waals surface area contributed by atoms with E-state index in [9.17, 15) is 14.9 Å². The number of hydrogen-bond donors (Lipinski definition) is 2. The van der Waals surface area contributed by atoms with Crippen molar-refractivity contribution in [2.75, 3.05) is 6.61 Å². The molecule has 98 valence electrons. The van der Waals surface area contributed by atoms with E-state index in [2.05, 4.69) is 0 Å². The number of hydrazine groups is 1. The minimum atomic E-state index is -1.05. The van der Waals surface area contributed by atoms with Gasteiger partial charge in [-0.1, -0.05) is 12.1 Å². The number of carbonyl (C=O) groups is 1. The maximum absolute atomic E-state index is 11.5. The Bertz CT molecular complexity index is 418. The Morgan fingerprint density at radius 2 is 2.11 bits per heavy atom. The average molecular weight is 254 g/mol. The van der Waals surface area contributed by atoms with Gasteiger partial charge in [-0.15, -0.1) is 5.43 Å². The molecule has 18 heavy (non-hydrogen) atoms. The van der Waals surface area contributed by atoms with E-state index in [1.54, 1.807) is 19.1 Å². The van der Waals surface area contributed by atoms with Crippen molar-refractivity contribution < 1.29 is 19.7 Å². The summed E-state index contributed by atoms with van der Waals surface area (Å²) in [6, 6.07) is 5.02. The fourth-order valence-electron chi connectivity index (χ4n) is 1.42. The second kappa shape index (κ2) is 6.43. The molecule has 0 aliphatic rings. The lowest BCUT2D eigenvalue weighted by Crippen LogP contribution is -2.43. The van der Waals surface area contributed by atoms with Crippen molar-refractivity contribution in [3.05, 3.63) is 39.9 Å². The van der Waals surface area contributed by atoms with Crippen LogP contribution in [-0.4, -0.2) is 28.8 Å². The Labute approximate surface area is 103 Å². The minimum Gasteiger partial charge on any atom is -0.508 e. The second-order valence-electron chi connectivity index (χ2n) is 3.56. The molecule has 0 saturated heterocycles. The smallest absolute Gasteiger partial charge is 0.334 e. The number of benzene rings is 1. The molecule has 0 aliphatic heterocycles. The number of rotatable bonds is 6. The van der Waals surface area contributed by atoms with Crippen LogP contribution < -0.4 is 5.43 Å². The number of aromatic hydroxyl groups is 1. The van der Waals surface area contributed by atoms with Gasteiger partial charge >= 0.3 is 5.97 Å². The first kappa shape index (κ1) is 13.8. The van der Waals surface area contributed by atoms with Gasteiger partial charge in [0.2, 0.25) is 0 Å². The van der Waals surface area contributed by atoms with Crippen molar-refractivity contribution in [3.8, 4) is 5.75 Å². The predicted molar refractivity (Wildman–Crippen MR) is 62.4 cm³/mol. The van der Waals surface area contributed by atoms with Gasteiger partial charge in [0.15, 0.2) is 11.1 Å². The monoisotopic (exact) mass is 254 g/mol. The molecule has 0 radical (unpaired) electrons. The van der Waals surface area contributed by atoms with Crippen molar-refractivity contribution in [1.82, 2.24) is 5.43 Å². The normalized spacial score (nSPS) is 11.6. The van der Waals surface area contributed by atoms with Crippen LogP contribution in [0, 0.1) is 10.1 Å². The largest absolute Gasteiger partial charge is 0.508 e. The van der Waals surface area contributed by atoms with Crippen LogP contribution in [0.4, 0.5) is 0 Å². The molecule has 1 aromatic rings. The van der Waals surface area contributed by atoms with E-state index in [1.165, 1.54) is 12.1 Å². The molecular weight excluding hydrogens is 240 g/mol. The molecule has 7 heteroatoms. The zero-order valence-corrected chi connectivity index (χ0v) is 9.83. The summed E-state index contributed by atoms with van der Waals surface area (Å²) in [6.07, 6.45) is 0.111. The van der Waals surface area contributed by atoms with Gasteiger partial charge < -0.3 is 9.84 Å². The molecule has 0 bridgehead atoms. The van der Waals surface area contributed by atoms with Crippen LogP contribution in [0.15, 0.2) is 24.3 Å². The molecule has 0 heterocycles. The highest BCUT2D eigenvalue weighted by atomic mass is 16.7. The van der Waals surface area contributed by atoms with Gasteiger partial charge in [-0.2, -0.15) is 0 Å². The first-order valence-electron chi connectivity index (χ1n) is 5.38. The summed E-state index contributed by atoms with van der Waals surface area (Å²) in [7, 11) is 0. The number of nitro groups is 1. The predicted octanol–water partition coefficient (Wildman–Crippen LogP) is 0.648. The maximum atomic E-state index is 11.5. The Hall–Kier alpha value is -2.31. The van der Waals surface area contributed by atoms with Gasteiger partial charge in [-0.05, 0) is 24.6 Å². The van der Waals surface area contributed by atoms with E-state index >= 15 is 0 Å². The summed E-state index contributed by atoms with van der Waals surface area (Å²) in [6.45, 7) is 1.78. The third-order valence-electron chi connectivity index (χ3n) is 2.21. The van der Waals surface area contributed by atoms with E-state index in [0.717, 1.165) is 0 Å². The Morgan fingerprint density at radius 1 is 1.50 bits per heavy atom. The lowest BCUT2D eigenvalue weighted by molar-refractivity contribution is -0.548. The van der Waals surface area contributed by atoms with Gasteiger partial charge in [-0.25, -0.2) is 14.9 Å². The Kier molecular flexibility index (Phi) is 4.91. The van der Waals surface area contributed by atoms with Gasteiger partial charge in [0.1, 0.15) is 5.75 Å². The molecule has 0 aromatic heterocycles. The number of phenols is 1. The van der Waals surface area contributed by atoms with Crippen molar-refractivity contribution in [3.63, 3.8) is 0 Å². The molecule has 0 spiro atoms. The minimum absolute atomic E-state index is 0.0914. The van der Waals surface area contributed by atoms with Crippen LogP contribution in [0.25, 0.3) is 0 Å². The van der Waals surface area contributed by atoms with E-state index in [-0.39, 0.29) is 18.8 Å². The molecule has 0 aliphatic carbocycles. The average Bonchev–Trinajstić information content (AvgIpc) is 2.31. The molecule has 0 saturated carbocycles. The van der Waals surface area contributed by atoms with Crippen LogP contribution >= 0.6 is 0 Å². The Balaban J connectivity index is 2.74. The highest BCUT2D eigenvalue weighted by molar-refractivity contribution is 5.76. The van der Waals surface area contributed by atoms with E-state index in [4.69, 9.17) is 9.84 Å². The molecule has 1 aromatic carbocycles. The first-order valence-corrected chi connectivity index (χ1v) is 5.38. The highest BCUT2D eigenvalue weighted by Gasteiger charge is 2.24. The van der Waals surface area contributed by atoms with Gasteiger partial charge in [0, 0.05) is 6.42 Å². The van der Waals surface area contributed by atoms with Gasteiger partial charge in [-0.3, -0.25) is 0 Å². The molecule has 1 atom stereocenters. The number of esters is 1. The lowest BCUT2D eigenvalue weighted by atomic mass is 10.1. The fourth-order valence-corrected chi connectivity index (χ4v) is 1.42. The summed E-state index contributed by atoms with van der Waals surface area (Å²) < 4.78 is 4.75. The third-order valence-corrected chi connectivity index (χ3v) is 2.21. The number of nitrogens with one attached hydrogen (secondary N) is 1. The number of carbonyl (C=O) groups excluding carboxylic acids is 1. The van der Waals surface area contributed by atoms with E-state index in [0.29, 0.717) is 5.56 Å². The molecule has 0 amide bonds. The SMILES string of the molecule is CCOC(=O)C(Cc1ccc(O)cc1)N[N+](=O)[O-]. The van der Waals surface area contributed by atoms with Crippen LogP contribution in [0.5, 0.6) is 5.75 Å². The quantitative estimate of drug-likeness (QED) is 0.439. The van der Waals surface area contributed by atoms with Crippen LogP contribution in [-0.2, 0) is 16.0 Å². The maximum Gasteiger partial charge on any atom is 0.334 e. The molecular formula is C11H14N2O5. The van der Waals surface area contributed by atoms with Crippen LogP contribution in [0.2, 0.25) is 0 Å². The molecule has 0 fully saturated rings. The Morgan fingerprint density at radius 3 is 2.61 bits per heavy atom. The summed E-state index contributed by atoms with van der Waals surface area (Å²) in [5.41, 5.74) is 2.59. The van der Waals surface area contributed by atoms with Crippen molar-refractivity contribution in [1.29, 1.82) is 0 Å². The second-order valence-corrected chi connectivity index (χ2v) is 3.56. The number of nitrogens with zero attached hydrogens (tertiary/aromatic N) is 1. The zero-order valence-electron chi connectivity index (χ0n) is 9.83. The summed E-state index contributed by atoms with van der Waals surface area (Å²) in [4.78, 5) is 21.9. The summed E-state index contributed by atoms with van der Waals surface area (Å²) >= 11 is 0. The van der Waals surface area contributed by atoms with E-state index in [1.807, 2.05) is 5.43 Å². The van der Waals surface area contributed by atoms with Crippen LogP contribution in [0.1, 0.15) is 12.5 Å².